The van der Waals surface area contributed by atoms with Crippen LogP contribution in [0.15, 0.2) is 23.2 Å². The van der Waals surface area contributed by atoms with Gasteiger partial charge < -0.3 is 14.0 Å². The van der Waals surface area contributed by atoms with Crippen LogP contribution in [0.1, 0.15) is 27.2 Å². The Morgan fingerprint density at radius 3 is 2.71 bits per heavy atom. The van der Waals surface area contributed by atoms with E-state index in [0.717, 1.165) is 10.2 Å². The number of ether oxygens (including phenoxy) is 2. The largest absolute Gasteiger partial charge is 0.497 e. The van der Waals surface area contributed by atoms with Crippen molar-refractivity contribution in [3.05, 3.63) is 23.0 Å². The van der Waals surface area contributed by atoms with Gasteiger partial charge in [0.2, 0.25) is 0 Å². The molecule has 0 aliphatic rings. The molecule has 1 aromatic heterocycles. The molecule has 0 spiro atoms. The molecule has 6 nitrogen and oxygen atoms in total. The number of fused-ring (bicyclic) bond motifs is 1. The Kier molecular flexibility index (Phi) is 6.14. The number of carbonyl (C=O) groups excluding carboxylic acids is 2. The number of aryl methyl sites for hydroxylation is 1. The molecule has 130 valence electrons. The second-order valence-corrected chi connectivity index (χ2v) is 6.54. The Morgan fingerprint density at radius 1 is 1.33 bits per heavy atom. The zero-order chi connectivity index (χ0) is 17.7. The SMILES string of the molecule is CCOC(=O)CCn1c(=NC(=O)C(C)C)sc2ccc(OC)cc21. The lowest BCUT2D eigenvalue weighted by molar-refractivity contribution is -0.143. The number of hydrogen-bond acceptors (Lipinski definition) is 5. The first-order valence-corrected chi connectivity index (χ1v) is 8.69. The summed E-state index contributed by atoms with van der Waals surface area (Å²) in [7, 11) is 1.60. The van der Waals surface area contributed by atoms with Gasteiger partial charge >= 0.3 is 5.97 Å². The summed E-state index contributed by atoms with van der Waals surface area (Å²) >= 11 is 1.42. The van der Waals surface area contributed by atoms with E-state index in [1.807, 2.05) is 36.6 Å². The zero-order valence-corrected chi connectivity index (χ0v) is 15.2. The van der Waals surface area contributed by atoms with E-state index in [1.165, 1.54) is 11.3 Å². The number of thiazole rings is 1. The van der Waals surface area contributed by atoms with Crippen molar-refractivity contribution in [2.45, 2.75) is 33.7 Å². The lowest BCUT2D eigenvalue weighted by atomic mass is 10.2. The highest BCUT2D eigenvalue weighted by Crippen LogP contribution is 2.23. The van der Waals surface area contributed by atoms with Gasteiger partial charge in [0.1, 0.15) is 5.75 Å². The fraction of sp³-hybridized carbons (Fsp3) is 0.471. The molecule has 1 heterocycles. The molecule has 0 unspecified atom stereocenters. The van der Waals surface area contributed by atoms with E-state index in [2.05, 4.69) is 4.99 Å². The van der Waals surface area contributed by atoms with Crippen molar-refractivity contribution in [3.8, 4) is 5.75 Å². The Bertz CT molecular complexity index is 805. The maximum Gasteiger partial charge on any atom is 0.307 e. The molecule has 7 heteroatoms. The molecule has 0 aliphatic heterocycles. The third kappa shape index (κ3) is 4.23. The van der Waals surface area contributed by atoms with Crippen molar-refractivity contribution in [2.75, 3.05) is 13.7 Å². The fourth-order valence-electron chi connectivity index (χ4n) is 2.14. The molecule has 1 amide bonds. The highest BCUT2D eigenvalue weighted by atomic mass is 32.1. The molecular formula is C17H22N2O4S. The third-order valence-electron chi connectivity index (χ3n) is 3.43. The number of aromatic nitrogens is 1. The van der Waals surface area contributed by atoms with Gasteiger partial charge in [0.15, 0.2) is 4.80 Å². The molecule has 0 fully saturated rings. The van der Waals surface area contributed by atoms with Crippen molar-refractivity contribution in [2.24, 2.45) is 10.9 Å². The van der Waals surface area contributed by atoms with E-state index in [4.69, 9.17) is 9.47 Å². The predicted molar refractivity (Wildman–Crippen MR) is 93.0 cm³/mol. The van der Waals surface area contributed by atoms with Crippen molar-refractivity contribution < 1.29 is 19.1 Å². The number of benzene rings is 1. The van der Waals surface area contributed by atoms with Crippen LogP contribution in [-0.2, 0) is 20.9 Å². The Hall–Kier alpha value is -2.15. The van der Waals surface area contributed by atoms with Crippen LogP contribution in [0, 0.1) is 5.92 Å². The molecule has 0 radical (unpaired) electrons. The monoisotopic (exact) mass is 350 g/mol. The number of amides is 1. The number of methoxy groups -OCH3 is 1. The van der Waals surface area contributed by atoms with Gasteiger partial charge in [-0.25, -0.2) is 0 Å². The van der Waals surface area contributed by atoms with Crippen molar-refractivity contribution in [3.63, 3.8) is 0 Å². The Labute approximate surface area is 144 Å². The highest BCUT2D eigenvalue weighted by Gasteiger charge is 2.12. The maximum absolute atomic E-state index is 12.0. The minimum atomic E-state index is -0.270. The average Bonchev–Trinajstić information content (AvgIpc) is 2.89. The number of nitrogens with zero attached hydrogens (tertiary/aromatic N) is 2. The van der Waals surface area contributed by atoms with Crippen LogP contribution in [0.2, 0.25) is 0 Å². The summed E-state index contributed by atoms with van der Waals surface area (Å²) in [5.74, 6) is 0.0852. The van der Waals surface area contributed by atoms with Crippen molar-refractivity contribution in [1.82, 2.24) is 4.57 Å². The smallest absolute Gasteiger partial charge is 0.307 e. The molecule has 0 saturated heterocycles. The van der Waals surface area contributed by atoms with E-state index >= 15 is 0 Å². The second kappa shape index (κ2) is 8.10. The fourth-order valence-corrected chi connectivity index (χ4v) is 3.18. The van der Waals surface area contributed by atoms with E-state index in [-0.39, 0.29) is 24.2 Å². The normalized spacial score (nSPS) is 12.0. The molecule has 2 aromatic rings. The molecule has 0 saturated carbocycles. The zero-order valence-electron chi connectivity index (χ0n) is 14.4. The van der Waals surface area contributed by atoms with Crippen LogP contribution >= 0.6 is 11.3 Å². The first kappa shape index (κ1) is 18.2. The molecule has 0 atom stereocenters. The van der Waals surface area contributed by atoms with Crippen LogP contribution < -0.4 is 9.54 Å². The highest BCUT2D eigenvalue weighted by molar-refractivity contribution is 7.16. The number of esters is 1. The van der Waals surface area contributed by atoms with E-state index in [1.54, 1.807) is 14.0 Å². The quantitative estimate of drug-likeness (QED) is 0.751. The minimum Gasteiger partial charge on any atom is -0.497 e. The topological polar surface area (TPSA) is 69.9 Å². The maximum atomic E-state index is 12.0. The van der Waals surface area contributed by atoms with Gasteiger partial charge in [0.25, 0.3) is 5.91 Å². The van der Waals surface area contributed by atoms with Gasteiger partial charge in [0.05, 0.1) is 30.4 Å². The van der Waals surface area contributed by atoms with Crippen LogP contribution in [0.3, 0.4) is 0 Å². The summed E-state index contributed by atoms with van der Waals surface area (Å²) in [5.41, 5.74) is 0.888. The minimum absolute atomic E-state index is 0.178. The van der Waals surface area contributed by atoms with Crippen molar-refractivity contribution >= 4 is 33.4 Å². The molecule has 0 aliphatic carbocycles. The Morgan fingerprint density at radius 2 is 2.08 bits per heavy atom. The molecular weight excluding hydrogens is 328 g/mol. The lowest BCUT2D eigenvalue weighted by Crippen LogP contribution is -2.20. The van der Waals surface area contributed by atoms with E-state index in [9.17, 15) is 9.59 Å². The molecule has 24 heavy (non-hydrogen) atoms. The van der Waals surface area contributed by atoms with Gasteiger partial charge in [-0.05, 0) is 19.1 Å². The number of carbonyl (C=O) groups is 2. The van der Waals surface area contributed by atoms with Crippen LogP contribution in [0.4, 0.5) is 0 Å². The number of rotatable bonds is 6. The molecule has 0 N–H and O–H groups in total. The van der Waals surface area contributed by atoms with Gasteiger partial charge in [-0.3, -0.25) is 9.59 Å². The molecule has 0 bridgehead atoms. The lowest BCUT2D eigenvalue weighted by Gasteiger charge is -2.06. The molecule has 1 aromatic carbocycles. The summed E-state index contributed by atoms with van der Waals surface area (Å²) < 4.78 is 13.1. The summed E-state index contributed by atoms with van der Waals surface area (Å²) in [6, 6.07) is 5.68. The molecule has 2 rings (SSSR count). The summed E-state index contributed by atoms with van der Waals surface area (Å²) in [4.78, 5) is 28.5. The third-order valence-corrected chi connectivity index (χ3v) is 4.49. The summed E-state index contributed by atoms with van der Waals surface area (Å²) in [6.45, 7) is 6.15. The predicted octanol–water partition coefficient (Wildman–Crippen LogP) is 2.75. The summed E-state index contributed by atoms with van der Waals surface area (Å²) in [5, 5.41) is 0. The second-order valence-electron chi connectivity index (χ2n) is 5.53. The van der Waals surface area contributed by atoms with Crippen LogP contribution in [-0.4, -0.2) is 30.2 Å². The van der Waals surface area contributed by atoms with Gasteiger partial charge in [-0.2, -0.15) is 4.99 Å². The standard InChI is InChI=1S/C17H22N2O4S/c1-5-23-15(20)8-9-19-13-10-12(22-4)6-7-14(13)24-17(19)18-16(21)11(2)3/h6-7,10-11H,5,8-9H2,1-4H3. The van der Waals surface area contributed by atoms with Crippen LogP contribution in [0.25, 0.3) is 10.2 Å². The van der Waals surface area contributed by atoms with E-state index in [0.29, 0.717) is 23.7 Å². The van der Waals surface area contributed by atoms with Crippen LogP contribution in [0.5, 0.6) is 5.75 Å². The average molecular weight is 350 g/mol. The van der Waals surface area contributed by atoms with Gasteiger partial charge in [-0.1, -0.05) is 25.2 Å². The number of hydrogen-bond donors (Lipinski definition) is 0. The van der Waals surface area contributed by atoms with Gasteiger partial charge in [0, 0.05) is 18.5 Å². The first-order valence-electron chi connectivity index (χ1n) is 7.87. The van der Waals surface area contributed by atoms with E-state index < -0.39 is 0 Å². The Balaban J connectivity index is 2.49. The van der Waals surface area contributed by atoms with Gasteiger partial charge in [-0.15, -0.1) is 0 Å². The summed E-state index contributed by atoms with van der Waals surface area (Å²) in [6.07, 6.45) is 0.222. The first-order chi connectivity index (χ1) is 11.5. The van der Waals surface area contributed by atoms with Crippen molar-refractivity contribution in [1.29, 1.82) is 0 Å².